The zero-order valence-corrected chi connectivity index (χ0v) is 19.6. The van der Waals surface area contributed by atoms with Gasteiger partial charge in [0.25, 0.3) is 0 Å². The Bertz CT molecular complexity index is 662. The van der Waals surface area contributed by atoms with Crippen molar-refractivity contribution in [2.45, 2.75) is 26.7 Å². The van der Waals surface area contributed by atoms with Crippen molar-refractivity contribution >= 4 is 41.5 Å². The van der Waals surface area contributed by atoms with Crippen molar-refractivity contribution in [3.63, 3.8) is 0 Å². The van der Waals surface area contributed by atoms with E-state index in [1.54, 1.807) is 10.9 Å². The molecule has 0 saturated carbocycles. The summed E-state index contributed by atoms with van der Waals surface area (Å²) in [5.74, 6) is 1.57. The zero-order chi connectivity index (χ0) is 19.2. The second kappa shape index (κ2) is 11.0. The highest BCUT2D eigenvalue weighted by atomic mass is 127. The second-order valence-corrected chi connectivity index (χ2v) is 7.44. The molecule has 2 aliphatic heterocycles. The third-order valence-electron chi connectivity index (χ3n) is 5.41. The molecule has 3 heterocycles. The Morgan fingerprint density at radius 3 is 2.79 bits per heavy atom. The monoisotopic (exact) mass is 503 g/mol. The van der Waals surface area contributed by atoms with E-state index in [2.05, 4.69) is 34.1 Å². The number of amides is 1. The standard InChI is InChI=1S/C19H33N7O.HI/c1-4-20-19(21-11-16-7-6-8-24(5-2)13-16)25-9-10-26(18(27)15-25)17-12-22-23(3)14-17;/h12,14,16H,4-11,13,15H2,1-3H3,(H,20,21);1H. The number of likely N-dealkylation sites (tertiary alicyclic amines) is 1. The summed E-state index contributed by atoms with van der Waals surface area (Å²) in [6.07, 6.45) is 6.13. The molecule has 158 valence electrons. The number of piperazine rings is 1. The molecule has 1 atom stereocenters. The molecule has 1 aromatic heterocycles. The third-order valence-corrected chi connectivity index (χ3v) is 5.41. The van der Waals surface area contributed by atoms with Crippen molar-refractivity contribution < 1.29 is 4.79 Å². The van der Waals surface area contributed by atoms with Gasteiger partial charge in [0.1, 0.15) is 6.54 Å². The molecular weight excluding hydrogens is 469 g/mol. The number of aliphatic imine (C=N–C) groups is 1. The van der Waals surface area contributed by atoms with E-state index in [4.69, 9.17) is 4.99 Å². The molecule has 28 heavy (non-hydrogen) atoms. The maximum Gasteiger partial charge on any atom is 0.246 e. The molecule has 0 aliphatic carbocycles. The van der Waals surface area contributed by atoms with Crippen LogP contribution in [-0.2, 0) is 11.8 Å². The fourth-order valence-corrected chi connectivity index (χ4v) is 3.90. The van der Waals surface area contributed by atoms with Crippen molar-refractivity contribution in [1.29, 1.82) is 0 Å². The quantitative estimate of drug-likeness (QED) is 0.374. The van der Waals surface area contributed by atoms with Gasteiger partial charge < -0.3 is 20.0 Å². The Balaban J connectivity index is 0.00000280. The average Bonchev–Trinajstić information content (AvgIpc) is 3.11. The van der Waals surface area contributed by atoms with Crippen LogP contribution in [0.4, 0.5) is 5.69 Å². The molecule has 2 aliphatic rings. The lowest BCUT2D eigenvalue weighted by Gasteiger charge is -2.36. The van der Waals surface area contributed by atoms with Crippen LogP contribution >= 0.6 is 24.0 Å². The maximum atomic E-state index is 12.7. The molecule has 1 aromatic rings. The molecular formula is C19H34IN7O. The van der Waals surface area contributed by atoms with Crippen LogP contribution in [0.5, 0.6) is 0 Å². The van der Waals surface area contributed by atoms with E-state index in [-0.39, 0.29) is 29.9 Å². The number of piperidine rings is 1. The first-order chi connectivity index (χ1) is 13.1. The van der Waals surface area contributed by atoms with Gasteiger partial charge in [-0.2, -0.15) is 5.10 Å². The van der Waals surface area contributed by atoms with Crippen LogP contribution in [0.15, 0.2) is 17.4 Å². The summed E-state index contributed by atoms with van der Waals surface area (Å²) in [4.78, 5) is 24.0. The Labute approximate surface area is 185 Å². The Hall–Kier alpha value is -1.36. The molecule has 9 heteroatoms. The normalized spacial score (nSPS) is 21.6. The fraction of sp³-hybridized carbons (Fsp3) is 0.737. The summed E-state index contributed by atoms with van der Waals surface area (Å²) < 4.78 is 1.73. The highest BCUT2D eigenvalue weighted by Gasteiger charge is 2.28. The molecule has 8 nitrogen and oxygen atoms in total. The van der Waals surface area contributed by atoms with Crippen LogP contribution in [0, 0.1) is 5.92 Å². The first-order valence-electron chi connectivity index (χ1n) is 10.1. The largest absolute Gasteiger partial charge is 0.357 e. The number of aromatic nitrogens is 2. The molecule has 1 amide bonds. The van der Waals surface area contributed by atoms with Crippen molar-refractivity contribution in [2.24, 2.45) is 18.0 Å². The number of anilines is 1. The molecule has 0 aromatic carbocycles. The number of aryl methyl sites for hydroxylation is 1. The molecule has 1 unspecified atom stereocenters. The minimum absolute atomic E-state index is 0. The molecule has 0 spiro atoms. The first-order valence-corrected chi connectivity index (χ1v) is 10.1. The number of rotatable bonds is 5. The lowest BCUT2D eigenvalue weighted by Crippen LogP contribution is -2.55. The van der Waals surface area contributed by atoms with E-state index in [1.165, 1.54) is 19.4 Å². The summed E-state index contributed by atoms with van der Waals surface area (Å²) in [5.41, 5.74) is 0.867. The van der Waals surface area contributed by atoms with E-state index in [9.17, 15) is 4.79 Å². The number of hydrogen-bond acceptors (Lipinski definition) is 4. The lowest BCUT2D eigenvalue weighted by atomic mass is 9.98. The number of halogens is 1. The smallest absolute Gasteiger partial charge is 0.246 e. The van der Waals surface area contributed by atoms with Crippen LogP contribution < -0.4 is 10.2 Å². The molecule has 2 fully saturated rings. The van der Waals surface area contributed by atoms with E-state index >= 15 is 0 Å². The third kappa shape index (κ3) is 5.82. The van der Waals surface area contributed by atoms with E-state index in [0.29, 0.717) is 19.0 Å². The van der Waals surface area contributed by atoms with Crippen molar-refractivity contribution in [2.75, 3.05) is 57.3 Å². The first kappa shape index (κ1) is 22.9. The number of nitrogens with one attached hydrogen (secondary N) is 1. The number of carbonyl (C=O) groups excluding carboxylic acids is 1. The zero-order valence-electron chi connectivity index (χ0n) is 17.3. The van der Waals surface area contributed by atoms with Gasteiger partial charge >= 0.3 is 0 Å². The van der Waals surface area contributed by atoms with Gasteiger partial charge in [0.2, 0.25) is 5.91 Å². The highest BCUT2D eigenvalue weighted by Crippen LogP contribution is 2.18. The SMILES string of the molecule is CCNC(=NCC1CCCN(CC)C1)N1CCN(c2cnn(C)c2)C(=O)C1.I. The summed E-state index contributed by atoms with van der Waals surface area (Å²) in [5, 5.41) is 7.54. The predicted octanol–water partition coefficient (Wildman–Crippen LogP) is 1.38. The van der Waals surface area contributed by atoms with Crippen molar-refractivity contribution in [3.8, 4) is 0 Å². The van der Waals surface area contributed by atoms with Crippen LogP contribution in [-0.4, -0.2) is 83.8 Å². The number of guanidine groups is 1. The van der Waals surface area contributed by atoms with E-state index in [1.807, 2.05) is 18.1 Å². The van der Waals surface area contributed by atoms with Gasteiger partial charge in [0.15, 0.2) is 5.96 Å². The van der Waals surface area contributed by atoms with Gasteiger partial charge in [0, 0.05) is 46.0 Å². The Kier molecular flexibility index (Phi) is 9.00. The molecule has 3 rings (SSSR count). The topological polar surface area (TPSA) is 69.0 Å². The Morgan fingerprint density at radius 1 is 1.32 bits per heavy atom. The lowest BCUT2D eigenvalue weighted by molar-refractivity contribution is -0.120. The van der Waals surface area contributed by atoms with Crippen molar-refractivity contribution in [3.05, 3.63) is 12.4 Å². The van der Waals surface area contributed by atoms with E-state index < -0.39 is 0 Å². The molecule has 1 N–H and O–H groups in total. The maximum absolute atomic E-state index is 12.7. The van der Waals surface area contributed by atoms with E-state index in [0.717, 1.165) is 44.4 Å². The minimum Gasteiger partial charge on any atom is -0.357 e. The fourth-order valence-electron chi connectivity index (χ4n) is 3.90. The minimum atomic E-state index is 0. The summed E-state index contributed by atoms with van der Waals surface area (Å²) >= 11 is 0. The van der Waals surface area contributed by atoms with Crippen molar-refractivity contribution in [1.82, 2.24) is 24.9 Å². The summed E-state index contributed by atoms with van der Waals surface area (Å²) in [6, 6.07) is 0. The average molecular weight is 503 g/mol. The number of carbonyl (C=O) groups is 1. The predicted molar refractivity (Wildman–Crippen MR) is 123 cm³/mol. The molecule has 2 saturated heterocycles. The van der Waals surface area contributed by atoms with Gasteiger partial charge in [-0.1, -0.05) is 6.92 Å². The Morgan fingerprint density at radius 2 is 2.14 bits per heavy atom. The van der Waals surface area contributed by atoms with Gasteiger partial charge in [-0.05, 0) is 38.8 Å². The summed E-state index contributed by atoms with van der Waals surface area (Å²) in [6.45, 7) is 11.2. The van der Waals surface area contributed by atoms with Gasteiger partial charge in [0.05, 0.1) is 11.9 Å². The van der Waals surface area contributed by atoms with Gasteiger partial charge in [-0.3, -0.25) is 14.5 Å². The van der Waals surface area contributed by atoms with Crippen LogP contribution in [0.1, 0.15) is 26.7 Å². The number of nitrogens with zero attached hydrogens (tertiary/aromatic N) is 6. The summed E-state index contributed by atoms with van der Waals surface area (Å²) in [7, 11) is 1.87. The highest BCUT2D eigenvalue weighted by molar-refractivity contribution is 14.0. The molecule has 0 radical (unpaired) electrons. The van der Waals surface area contributed by atoms with Crippen LogP contribution in [0.3, 0.4) is 0 Å². The van der Waals surface area contributed by atoms with Crippen LogP contribution in [0.25, 0.3) is 0 Å². The van der Waals surface area contributed by atoms with Crippen LogP contribution in [0.2, 0.25) is 0 Å². The second-order valence-electron chi connectivity index (χ2n) is 7.44. The van der Waals surface area contributed by atoms with Gasteiger partial charge in [-0.15, -0.1) is 24.0 Å². The van der Waals surface area contributed by atoms with Gasteiger partial charge in [-0.25, -0.2) is 0 Å². The number of hydrogen-bond donors (Lipinski definition) is 1. The molecule has 0 bridgehead atoms.